The Bertz CT molecular complexity index is 751. The molecule has 0 radical (unpaired) electrons. The molecule has 0 atom stereocenters. The molecule has 0 aliphatic heterocycles. The van der Waals surface area contributed by atoms with Gasteiger partial charge in [-0.2, -0.15) is 5.10 Å². The number of anilines is 1. The lowest BCUT2D eigenvalue weighted by molar-refractivity contribution is 0.419. The van der Waals surface area contributed by atoms with Crippen molar-refractivity contribution in [3.63, 3.8) is 0 Å². The number of nitrogens with one attached hydrogen (secondary N) is 2. The van der Waals surface area contributed by atoms with E-state index in [9.17, 15) is 8.42 Å². The molecule has 1 aliphatic carbocycles. The Morgan fingerprint density at radius 2 is 2.00 bits per heavy atom. The maximum Gasteiger partial charge on any atom is 0.214 e. The Labute approximate surface area is 129 Å². The van der Waals surface area contributed by atoms with Crippen LogP contribution in [0.2, 0.25) is 0 Å². The van der Waals surface area contributed by atoms with Gasteiger partial charge in [0, 0.05) is 13.1 Å². The molecule has 0 saturated heterocycles. The van der Waals surface area contributed by atoms with Crippen LogP contribution in [0.3, 0.4) is 0 Å². The average Bonchev–Trinajstić information content (AvgIpc) is 3.03. The van der Waals surface area contributed by atoms with E-state index in [0.29, 0.717) is 18.5 Å². The average molecular weight is 324 g/mol. The zero-order chi connectivity index (χ0) is 15.7. The number of hydrogen-bond donors (Lipinski definition) is 2. The molecule has 2 N–H and O–H groups in total. The van der Waals surface area contributed by atoms with E-state index >= 15 is 0 Å². The Morgan fingerprint density at radius 1 is 1.27 bits per heavy atom. The zero-order valence-electron chi connectivity index (χ0n) is 12.7. The van der Waals surface area contributed by atoms with E-state index in [1.165, 1.54) is 13.4 Å². The standard InChI is InChI=1S/C13H20N6O2S/c1-14-22(20,21)10-5-3-9(4-6-10)19(2)13-11-7-17-18-12(11)15-8-16-13/h7-10,14H,3-6H2,1-2H3,(H,15,16,17,18). The van der Waals surface area contributed by atoms with Crippen LogP contribution in [0.5, 0.6) is 0 Å². The van der Waals surface area contributed by atoms with Crippen molar-refractivity contribution in [3.05, 3.63) is 12.5 Å². The second-order valence-electron chi connectivity index (χ2n) is 5.62. The largest absolute Gasteiger partial charge is 0.356 e. The van der Waals surface area contributed by atoms with Crippen molar-refractivity contribution in [2.45, 2.75) is 37.0 Å². The van der Waals surface area contributed by atoms with Gasteiger partial charge in [-0.05, 0) is 32.7 Å². The minimum Gasteiger partial charge on any atom is -0.356 e. The molecule has 0 spiro atoms. The number of sulfonamides is 1. The zero-order valence-corrected chi connectivity index (χ0v) is 13.5. The van der Waals surface area contributed by atoms with Crippen molar-refractivity contribution in [3.8, 4) is 0 Å². The van der Waals surface area contributed by atoms with Gasteiger partial charge in [-0.15, -0.1) is 0 Å². The van der Waals surface area contributed by atoms with Crippen LogP contribution in [-0.4, -0.2) is 54.0 Å². The number of hydrogen-bond acceptors (Lipinski definition) is 6. The van der Waals surface area contributed by atoms with Crippen molar-refractivity contribution in [2.75, 3.05) is 19.0 Å². The Morgan fingerprint density at radius 3 is 2.68 bits per heavy atom. The molecular formula is C13H20N6O2S. The van der Waals surface area contributed by atoms with Gasteiger partial charge in [-0.3, -0.25) is 5.10 Å². The molecule has 9 heteroatoms. The summed E-state index contributed by atoms with van der Waals surface area (Å²) in [5.41, 5.74) is 0.711. The fourth-order valence-electron chi connectivity index (χ4n) is 3.12. The maximum atomic E-state index is 11.9. The third kappa shape index (κ3) is 2.66. The molecule has 0 aromatic carbocycles. The van der Waals surface area contributed by atoms with E-state index in [4.69, 9.17) is 0 Å². The molecule has 1 fully saturated rings. The van der Waals surface area contributed by atoms with E-state index in [0.717, 1.165) is 24.0 Å². The van der Waals surface area contributed by atoms with E-state index < -0.39 is 10.0 Å². The smallest absolute Gasteiger partial charge is 0.214 e. The van der Waals surface area contributed by atoms with E-state index in [1.807, 2.05) is 7.05 Å². The molecule has 2 aromatic heterocycles. The molecule has 0 amide bonds. The minimum absolute atomic E-state index is 0.274. The fraction of sp³-hybridized carbons (Fsp3) is 0.615. The lowest BCUT2D eigenvalue weighted by Crippen LogP contribution is -2.41. The fourth-order valence-corrected chi connectivity index (χ4v) is 4.34. The summed E-state index contributed by atoms with van der Waals surface area (Å²) in [5, 5.41) is 7.43. The first kappa shape index (κ1) is 15.2. The van der Waals surface area contributed by atoms with Gasteiger partial charge in [0.2, 0.25) is 10.0 Å². The van der Waals surface area contributed by atoms with Crippen LogP contribution in [0.25, 0.3) is 11.0 Å². The molecule has 2 heterocycles. The minimum atomic E-state index is -3.17. The van der Waals surface area contributed by atoms with Crippen LogP contribution < -0.4 is 9.62 Å². The van der Waals surface area contributed by atoms with Crippen LogP contribution in [0.4, 0.5) is 5.82 Å². The van der Waals surface area contributed by atoms with Gasteiger partial charge in [-0.1, -0.05) is 0 Å². The molecular weight excluding hydrogens is 304 g/mol. The number of aromatic nitrogens is 4. The van der Waals surface area contributed by atoms with Crippen LogP contribution >= 0.6 is 0 Å². The summed E-state index contributed by atoms with van der Waals surface area (Å²) in [6.45, 7) is 0. The molecule has 2 aromatic rings. The lowest BCUT2D eigenvalue weighted by Gasteiger charge is -2.35. The Kier molecular flexibility index (Phi) is 4.00. The van der Waals surface area contributed by atoms with E-state index in [2.05, 4.69) is 29.8 Å². The monoisotopic (exact) mass is 324 g/mol. The van der Waals surface area contributed by atoms with E-state index in [1.54, 1.807) is 6.20 Å². The topological polar surface area (TPSA) is 104 Å². The summed E-state index contributed by atoms with van der Waals surface area (Å²) in [4.78, 5) is 10.6. The maximum absolute atomic E-state index is 11.9. The van der Waals surface area contributed by atoms with E-state index in [-0.39, 0.29) is 11.3 Å². The molecule has 3 rings (SSSR count). The van der Waals surface area contributed by atoms with Crippen molar-refractivity contribution in [1.29, 1.82) is 0 Å². The third-order valence-electron chi connectivity index (χ3n) is 4.48. The van der Waals surface area contributed by atoms with Crippen LogP contribution in [-0.2, 0) is 10.0 Å². The SMILES string of the molecule is CNS(=O)(=O)C1CCC(N(C)c2ncnc3[nH]ncc23)CC1. The number of nitrogens with zero attached hydrogens (tertiary/aromatic N) is 4. The number of aromatic amines is 1. The van der Waals surface area contributed by atoms with Gasteiger partial charge in [0.1, 0.15) is 12.1 Å². The summed E-state index contributed by atoms with van der Waals surface area (Å²) in [6, 6.07) is 0.274. The lowest BCUT2D eigenvalue weighted by atomic mass is 9.94. The highest BCUT2D eigenvalue weighted by Crippen LogP contribution is 2.30. The van der Waals surface area contributed by atoms with Gasteiger partial charge in [0.25, 0.3) is 0 Å². The Balaban J connectivity index is 1.75. The second kappa shape index (κ2) is 5.81. The van der Waals surface area contributed by atoms with Gasteiger partial charge < -0.3 is 4.90 Å². The van der Waals surface area contributed by atoms with Gasteiger partial charge >= 0.3 is 0 Å². The molecule has 0 unspecified atom stereocenters. The normalized spacial score (nSPS) is 22.8. The molecule has 8 nitrogen and oxygen atoms in total. The second-order valence-corrected chi connectivity index (χ2v) is 7.79. The van der Waals surface area contributed by atoms with Crippen LogP contribution in [0.1, 0.15) is 25.7 Å². The van der Waals surface area contributed by atoms with Crippen molar-refractivity contribution in [1.82, 2.24) is 24.9 Å². The highest BCUT2D eigenvalue weighted by Gasteiger charge is 2.32. The molecule has 1 saturated carbocycles. The van der Waals surface area contributed by atoms with Crippen molar-refractivity contribution in [2.24, 2.45) is 0 Å². The predicted molar refractivity (Wildman–Crippen MR) is 84.1 cm³/mol. The summed E-state index contributed by atoms with van der Waals surface area (Å²) in [5.74, 6) is 0.832. The quantitative estimate of drug-likeness (QED) is 0.856. The Hall–Kier alpha value is -1.74. The first-order valence-electron chi connectivity index (χ1n) is 7.32. The van der Waals surface area contributed by atoms with Gasteiger partial charge in [-0.25, -0.2) is 23.1 Å². The first-order chi connectivity index (χ1) is 10.5. The molecule has 120 valence electrons. The summed E-state index contributed by atoms with van der Waals surface area (Å²) < 4.78 is 26.2. The number of H-pyrrole nitrogens is 1. The van der Waals surface area contributed by atoms with Crippen molar-refractivity contribution < 1.29 is 8.42 Å². The molecule has 1 aliphatic rings. The number of rotatable bonds is 4. The summed E-state index contributed by atoms with van der Waals surface area (Å²) >= 11 is 0. The van der Waals surface area contributed by atoms with Gasteiger partial charge in [0.15, 0.2) is 5.65 Å². The molecule has 0 bridgehead atoms. The highest BCUT2D eigenvalue weighted by atomic mass is 32.2. The summed E-state index contributed by atoms with van der Waals surface area (Å²) in [7, 11) is 0.299. The first-order valence-corrected chi connectivity index (χ1v) is 8.87. The summed E-state index contributed by atoms with van der Waals surface area (Å²) in [6.07, 6.45) is 6.22. The van der Waals surface area contributed by atoms with Crippen LogP contribution in [0.15, 0.2) is 12.5 Å². The molecule has 22 heavy (non-hydrogen) atoms. The number of fused-ring (bicyclic) bond motifs is 1. The van der Waals surface area contributed by atoms with Crippen LogP contribution in [0, 0.1) is 0 Å². The van der Waals surface area contributed by atoms with Crippen molar-refractivity contribution >= 4 is 26.9 Å². The highest BCUT2D eigenvalue weighted by molar-refractivity contribution is 7.90. The third-order valence-corrected chi connectivity index (χ3v) is 6.39. The van der Waals surface area contributed by atoms with Gasteiger partial charge in [0.05, 0.1) is 16.8 Å². The predicted octanol–water partition coefficient (Wildman–Crippen LogP) is 0.649.